The van der Waals surface area contributed by atoms with Crippen LogP contribution in [-0.4, -0.2) is 10.5 Å². The second-order valence-corrected chi connectivity index (χ2v) is 9.16. The highest BCUT2D eigenvalue weighted by Crippen LogP contribution is 2.40. The van der Waals surface area contributed by atoms with Crippen molar-refractivity contribution in [1.29, 1.82) is 5.26 Å². The summed E-state index contributed by atoms with van der Waals surface area (Å²) in [6, 6.07) is 17.4. The van der Waals surface area contributed by atoms with Crippen LogP contribution in [0.5, 0.6) is 0 Å². The molecule has 8 heteroatoms. The number of nitrogens with one attached hydrogen (secondary N) is 1. The molecule has 0 bridgehead atoms. The Hall–Kier alpha value is -1.14. The molecule has 0 saturated heterocycles. The Morgan fingerprint density at radius 3 is 2.59 bits per heavy atom. The first kappa shape index (κ1) is 25.9. The molecule has 1 aromatic heterocycles. The van der Waals surface area contributed by atoms with Gasteiger partial charge in [-0.3, -0.25) is 4.98 Å². The largest absolute Gasteiger partial charge is 0.312 e. The monoisotopic (exact) mass is 562 g/mol. The first-order valence-corrected chi connectivity index (χ1v) is 9.97. The van der Waals surface area contributed by atoms with Crippen molar-refractivity contribution in [3.63, 3.8) is 0 Å². The summed E-state index contributed by atoms with van der Waals surface area (Å²) in [5.41, 5.74) is 9.92. The lowest BCUT2D eigenvalue weighted by atomic mass is 9.87. The number of aromatic nitrogens is 1. The number of nitrogens with zero attached hydrogens (tertiary/aromatic N) is 2. The molecule has 3 aromatic rings. The van der Waals surface area contributed by atoms with Crippen LogP contribution in [0.1, 0.15) is 30.5 Å². The van der Waals surface area contributed by atoms with Gasteiger partial charge in [0.2, 0.25) is 0 Å². The summed E-state index contributed by atoms with van der Waals surface area (Å²) < 4.78 is -0.702. The number of nitriles is 1. The van der Waals surface area contributed by atoms with Crippen molar-refractivity contribution in [3.05, 3.63) is 76.4 Å². The Balaban J connectivity index is 0.00000210. The maximum Gasteiger partial charge on any atom is 0.112 e. The van der Waals surface area contributed by atoms with Gasteiger partial charge in [-0.1, -0.05) is 52.4 Å². The second-order valence-electron chi connectivity index (χ2n) is 7.02. The molecule has 1 atom stereocenters. The highest BCUT2D eigenvalue weighted by molar-refractivity contribution is 14.1. The zero-order valence-electron chi connectivity index (χ0n) is 15.9. The standard InChI is InChI=1S/C21H20ClIN4.2ClH/c1-20(2,27-13-15-5-3-4-14(10-15)12-24)21(23,25)18-8-9-26-19-11-16(22)6-7-17(18)19;;/h3-11,27H,13,25H2,1-2H3;2*1H. The van der Waals surface area contributed by atoms with Crippen molar-refractivity contribution < 1.29 is 0 Å². The van der Waals surface area contributed by atoms with E-state index in [2.05, 4.69) is 52.8 Å². The predicted octanol–water partition coefficient (Wildman–Crippen LogP) is 5.72. The summed E-state index contributed by atoms with van der Waals surface area (Å²) in [6.45, 7) is 4.77. The van der Waals surface area contributed by atoms with E-state index < -0.39 is 9.08 Å². The molecule has 0 radical (unpaired) electrons. The van der Waals surface area contributed by atoms with Gasteiger partial charge in [0.1, 0.15) is 3.55 Å². The lowest BCUT2D eigenvalue weighted by molar-refractivity contribution is 0.307. The molecular formula is C21H22Cl3IN4. The number of nitrogens with two attached hydrogens (primary N) is 1. The number of pyridine rings is 1. The average Bonchev–Trinajstić information content (AvgIpc) is 2.65. The van der Waals surface area contributed by atoms with E-state index in [0.717, 1.165) is 22.0 Å². The molecule has 4 nitrogen and oxygen atoms in total. The van der Waals surface area contributed by atoms with Crippen molar-refractivity contribution in [2.45, 2.75) is 29.5 Å². The predicted molar refractivity (Wildman–Crippen MR) is 133 cm³/mol. The van der Waals surface area contributed by atoms with E-state index in [1.807, 2.05) is 42.5 Å². The molecular weight excluding hydrogens is 542 g/mol. The number of rotatable bonds is 5. The molecule has 2 aromatic carbocycles. The SMILES string of the molecule is CC(C)(NCc1cccc(C#N)c1)C(N)(I)c1ccnc2cc(Cl)ccc12.Cl.Cl. The topological polar surface area (TPSA) is 74.7 Å². The van der Waals surface area contributed by atoms with Crippen molar-refractivity contribution in [2.24, 2.45) is 5.73 Å². The zero-order chi connectivity index (χ0) is 19.7. The van der Waals surface area contributed by atoms with Crippen LogP contribution < -0.4 is 11.1 Å². The molecule has 0 amide bonds. The van der Waals surface area contributed by atoms with Crippen LogP contribution in [0.4, 0.5) is 0 Å². The Kier molecular flexibility index (Phi) is 9.15. The van der Waals surface area contributed by atoms with Gasteiger partial charge < -0.3 is 11.1 Å². The molecule has 0 aliphatic carbocycles. The summed E-state index contributed by atoms with van der Waals surface area (Å²) >= 11 is 8.41. The van der Waals surface area contributed by atoms with Gasteiger partial charge in [-0.25, -0.2) is 0 Å². The van der Waals surface area contributed by atoms with Gasteiger partial charge >= 0.3 is 0 Å². The van der Waals surface area contributed by atoms with Crippen molar-refractivity contribution in [3.8, 4) is 6.07 Å². The Bertz CT molecular complexity index is 1030. The lowest BCUT2D eigenvalue weighted by Gasteiger charge is -2.41. The van der Waals surface area contributed by atoms with Crippen LogP contribution in [0.2, 0.25) is 5.02 Å². The molecule has 0 aliphatic rings. The summed E-state index contributed by atoms with van der Waals surface area (Å²) in [5, 5.41) is 14.3. The normalized spacial score (nSPS) is 13.0. The van der Waals surface area contributed by atoms with Gasteiger partial charge in [0, 0.05) is 28.7 Å². The fourth-order valence-electron chi connectivity index (χ4n) is 2.98. The molecule has 0 saturated carbocycles. The molecule has 1 heterocycles. The fraction of sp³-hybridized carbons (Fsp3) is 0.238. The van der Waals surface area contributed by atoms with Gasteiger partial charge in [-0.05, 0) is 55.3 Å². The average molecular weight is 564 g/mol. The molecule has 1 unspecified atom stereocenters. The second kappa shape index (κ2) is 10.3. The van der Waals surface area contributed by atoms with Crippen molar-refractivity contribution in [2.75, 3.05) is 0 Å². The Morgan fingerprint density at radius 1 is 1.17 bits per heavy atom. The van der Waals surface area contributed by atoms with Crippen LogP contribution in [0.3, 0.4) is 0 Å². The van der Waals surface area contributed by atoms with E-state index in [0.29, 0.717) is 17.1 Å². The molecule has 3 N–H and O–H groups in total. The van der Waals surface area contributed by atoms with Crippen LogP contribution in [0.15, 0.2) is 54.7 Å². The summed E-state index contributed by atoms with van der Waals surface area (Å²) in [5.74, 6) is 0. The third kappa shape index (κ3) is 5.52. The van der Waals surface area contributed by atoms with Crippen LogP contribution in [0, 0.1) is 11.3 Å². The van der Waals surface area contributed by atoms with Crippen molar-refractivity contribution >= 4 is 69.9 Å². The minimum Gasteiger partial charge on any atom is -0.312 e. The minimum absolute atomic E-state index is 0. The number of hydrogen-bond donors (Lipinski definition) is 2. The smallest absolute Gasteiger partial charge is 0.112 e. The summed E-state index contributed by atoms with van der Waals surface area (Å²) in [6.07, 6.45) is 1.76. The number of benzene rings is 2. The van der Waals surface area contributed by atoms with E-state index in [-0.39, 0.29) is 24.8 Å². The van der Waals surface area contributed by atoms with E-state index in [4.69, 9.17) is 22.6 Å². The van der Waals surface area contributed by atoms with Gasteiger partial charge in [-0.15, -0.1) is 24.8 Å². The van der Waals surface area contributed by atoms with E-state index >= 15 is 0 Å². The number of fused-ring (bicyclic) bond motifs is 1. The number of alkyl halides is 1. The van der Waals surface area contributed by atoms with Gasteiger partial charge in [0.05, 0.1) is 17.1 Å². The fourth-order valence-corrected chi connectivity index (χ4v) is 3.81. The molecule has 0 spiro atoms. The molecule has 0 aliphatic heterocycles. The van der Waals surface area contributed by atoms with Crippen LogP contribution >= 0.6 is 59.0 Å². The molecule has 29 heavy (non-hydrogen) atoms. The summed E-state index contributed by atoms with van der Waals surface area (Å²) in [4.78, 5) is 4.42. The Labute approximate surface area is 202 Å². The first-order chi connectivity index (χ1) is 12.7. The third-order valence-corrected chi connectivity index (χ3v) is 6.96. The van der Waals surface area contributed by atoms with Gasteiger partial charge in [0.15, 0.2) is 0 Å². The highest BCUT2D eigenvalue weighted by Gasteiger charge is 2.41. The van der Waals surface area contributed by atoms with Crippen molar-refractivity contribution in [1.82, 2.24) is 10.3 Å². The third-order valence-electron chi connectivity index (χ3n) is 4.80. The first-order valence-electron chi connectivity index (χ1n) is 8.51. The number of hydrogen-bond acceptors (Lipinski definition) is 4. The zero-order valence-corrected chi connectivity index (χ0v) is 20.5. The maximum absolute atomic E-state index is 9.08. The van der Waals surface area contributed by atoms with Gasteiger partial charge in [0.25, 0.3) is 0 Å². The minimum atomic E-state index is -0.702. The Morgan fingerprint density at radius 2 is 1.90 bits per heavy atom. The van der Waals surface area contributed by atoms with E-state index in [9.17, 15) is 0 Å². The molecule has 3 rings (SSSR count). The number of halogens is 4. The highest BCUT2D eigenvalue weighted by atomic mass is 127. The molecule has 154 valence electrons. The van der Waals surface area contributed by atoms with Crippen LogP contribution in [-0.2, 0) is 10.1 Å². The van der Waals surface area contributed by atoms with Crippen LogP contribution in [0.25, 0.3) is 10.9 Å². The molecule has 0 fully saturated rings. The summed E-state index contributed by atoms with van der Waals surface area (Å²) in [7, 11) is 0. The lowest BCUT2D eigenvalue weighted by Crippen LogP contribution is -2.58. The van der Waals surface area contributed by atoms with E-state index in [1.54, 1.807) is 12.3 Å². The van der Waals surface area contributed by atoms with E-state index in [1.165, 1.54) is 0 Å². The maximum atomic E-state index is 9.08. The quantitative estimate of drug-likeness (QED) is 0.237. The van der Waals surface area contributed by atoms with Gasteiger partial charge in [-0.2, -0.15) is 5.26 Å².